The van der Waals surface area contributed by atoms with Crippen LogP contribution in [0.4, 0.5) is 4.79 Å². The van der Waals surface area contributed by atoms with Gasteiger partial charge in [0.1, 0.15) is 13.2 Å². The number of fused-ring (bicyclic) bond motifs is 3. The van der Waals surface area contributed by atoms with Crippen LogP contribution in [0.15, 0.2) is 48.5 Å². The minimum Gasteiger partial charge on any atom is -0.480 e. The topological polar surface area (TPSA) is 95.9 Å². The number of aliphatic carboxylic acids is 1. The lowest BCUT2D eigenvalue weighted by atomic mass is 9.73. The average molecular weight is 439 g/mol. The zero-order valence-electron chi connectivity index (χ0n) is 19.1. The van der Waals surface area contributed by atoms with Gasteiger partial charge in [0.15, 0.2) is 0 Å². The standard InChI is InChI=1S/C25H30N2O5/c1-24(2,22(30)27(5)14-21(28)29)25(3,4)26-23(31)32-15-20-18-12-8-6-10-16(18)17-11-7-9-13-19(17)20/h6-13,20H,14-15H2,1-5H3,(H,26,31)(H,28,29). The van der Waals surface area contributed by atoms with E-state index in [1.807, 2.05) is 36.4 Å². The fourth-order valence-corrected chi connectivity index (χ4v) is 4.07. The van der Waals surface area contributed by atoms with Crippen LogP contribution in [0, 0.1) is 5.41 Å². The molecule has 0 aromatic heterocycles. The molecule has 0 fully saturated rings. The van der Waals surface area contributed by atoms with E-state index in [2.05, 4.69) is 17.4 Å². The molecule has 2 N–H and O–H groups in total. The summed E-state index contributed by atoms with van der Waals surface area (Å²) in [6.45, 7) is 6.56. The van der Waals surface area contributed by atoms with Crippen molar-refractivity contribution < 1.29 is 24.2 Å². The molecule has 2 aromatic carbocycles. The van der Waals surface area contributed by atoms with Gasteiger partial charge in [-0.3, -0.25) is 9.59 Å². The number of carbonyl (C=O) groups is 3. The number of hydrogen-bond donors (Lipinski definition) is 2. The molecule has 0 unspecified atom stereocenters. The molecule has 0 atom stereocenters. The van der Waals surface area contributed by atoms with Gasteiger partial charge in [0, 0.05) is 13.0 Å². The predicted octanol–water partition coefficient (Wildman–Crippen LogP) is 3.87. The third-order valence-electron chi connectivity index (χ3n) is 6.57. The van der Waals surface area contributed by atoms with Gasteiger partial charge < -0.3 is 20.1 Å². The van der Waals surface area contributed by atoms with Gasteiger partial charge in [-0.05, 0) is 49.9 Å². The first-order valence-electron chi connectivity index (χ1n) is 10.6. The molecule has 7 heteroatoms. The van der Waals surface area contributed by atoms with E-state index in [0.717, 1.165) is 27.2 Å². The Bertz CT molecular complexity index is 999. The van der Waals surface area contributed by atoms with E-state index in [1.54, 1.807) is 27.7 Å². The van der Waals surface area contributed by atoms with Crippen molar-refractivity contribution in [3.8, 4) is 11.1 Å². The Balaban J connectivity index is 1.69. The van der Waals surface area contributed by atoms with Crippen molar-refractivity contribution in [2.24, 2.45) is 5.41 Å². The number of nitrogens with one attached hydrogen (secondary N) is 1. The second kappa shape index (κ2) is 8.65. The van der Waals surface area contributed by atoms with Gasteiger partial charge in [0.05, 0.1) is 11.0 Å². The molecule has 7 nitrogen and oxygen atoms in total. The van der Waals surface area contributed by atoms with Crippen molar-refractivity contribution in [1.29, 1.82) is 0 Å². The van der Waals surface area contributed by atoms with Gasteiger partial charge in [0.25, 0.3) is 0 Å². The number of rotatable bonds is 7. The summed E-state index contributed by atoms with van der Waals surface area (Å²) in [6, 6.07) is 16.2. The zero-order valence-corrected chi connectivity index (χ0v) is 19.1. The maximum Gasteiger partial charge on any atom is 0.407 e. The molecule has 0 saturated carbocycles. The molecule has 0 radical (unpaired) electrons. The van der Waals surface area contributed by atoms with Crippen LogP contribution in [0.2, 0.25) is 0 Å². The number of benzene rings is 2. The number of nitrogens with zero attached hydrogens (tertiary/aromatic N) is 1. The number of likely N-dealkylation sites (N-methyl/N-ethyl adjacent to an activating group) is 1. The SMILES string of the molecule is CN(CC(=O)O)C(=O)C(C)(C)C(C)(C)NC(=O)OCC1c2ccccc2-c2ccccc21. The number of amides is 2. The molecule has 0 aliphatic heterocycles. The molecule has 0 saturated heterocycles. The predicted molar refractivity (Wildman–Crippen MR) is 121 cm³/mol. The monoisotopic (exact) mass is 438 g/mol. The average Bonchev–Trinajstić information content (AvgIpc) is 3.04. The first-order valence-corrected chi connectivity index (χ1v) is 10.6. The van der Waals surface area contributed by atoms with Crippen LogP contribution in [0.3, 0.4) is 0 Å². The highest BCUT2D eigenvalue weighted by molar-refractivity contribution is 5.87. The van der Waals surface area contributed by atoms with Crippen molar-refractivity contribution in [3.63, 3.8) is 0 Å². The second-order valence-electron chi connectivity index (χ2n) is 9.26. The van der Waals surface area contributed by atoms with Crippen molar-refractivity contribution in [2.75, 3.05) is 20.2 Å². The Kier molecular flexibility index (Phi) is 6.30. The summed E-state index contributed by atoms with van der Waals surface area (Å²) in [5.41, 5.74) is 2.47. The van der Waals surface area contributed by atoms with Crippen molar-refractivity contribution >= 4 is 18.0 Å². The van der Waals surface area contributed by atoms with E-state index in [9.17, 15) is 14.4 Å². The highest BCUT2D eigenvalue weighted by Gasteiger charge is 2.46. The first-order chi connectivity index (χ1) is 15.0. The first kappa shape index (κ1) is 23.3. The summed E-state index contributed by atoms with van der Waals surface area (Å²) in [5.74, 6) is -1.55. The maximum atomic E-state index is 12.8. The Morgan fingerprint density at radius 2 is 1.47 bits per heavy atom. The fourth-order valence-electron chi connectivity index (χ4n) is 4.07. The smallest absolute Gasteiger partial charge is 0.407 e. The van der Waals surface area contributed by atoms with Gasteiger partial charge >= 0.3 is 12.1 Å². The lowest BCUT2D eigenvalue weighted by Crippen LogP contribution is -2.60. The highest BCUT2D eigenvalue weighted by atomic mass is 16.5. The highest BCUT2D eigenvalue weighted by Crippen LogP contribution is 2.44. The van der Waals surface area contributed by atoms with Crippen LogP contribution >= 0.6 is 0 Å². The van der Waals surface area contributed by atoms with E-state index in [1.165, 1.54) is 7.05 Å². The largest absolute Gasteiger partial charge is 0.480 e. The van der Waals surface area contributed by atoms with Crippen LogP contribution in [-0.2, 0) is 14.3 Å². The number of ether oxygens (including phenoxy) is 1. The minimum atomic E-state index is -1.10. The fraction of sp³-hybridized carbons (Fsp3) is 0.400. The summed E-state index contributed by atoms with van der Waals surface area (Å²) in [5, 5.41) is 11.8. The molecule has 0 bridgehead atoms. The Hall–Kier alpha value is -3.35. The number of alkyl carbamates (subject to hydrolysis) is 1. The van der Waals surface area contributed by atoms with Crippen LogP contribution in [0.1, 0.15) is 44.7 Å². The molecule has 1 aliphatic carbocycles. The molecule has 170 valence electrons. The summed E-state index contributed by atoms with van der Waals surface area (Å²) in [4.78, 5) is 37.7. The maximum absolute atomic E-state index is 12.8. The molecular formula is C25H30N2O5. The third kappa shape index (κ3) is 4.33. The molecule has 2 aromatic rings. The van der Waals surface area contributed by atoms with Crippen LogP contribution < -0.4 is 5.32 Å². The summed E-state index contributed by atoms with van der Waals surface area (Å²) in [6.07, 6.45) is -0.626. The minimum absolute atomic E-state index is 0.0624. The number of carbonyl (C=O) groups excluding carboxylic acids is 2. The van der Waals surface area contributed by atoms with Crippen molar-refractivity contribution in [3.05, 3.63) is 59.7 Å². The van der Waals surface area contributed by atoms with Crippen molar-refractivity contribution in [2.45, 2.75) is 39.2 Å². The molecule has 0 heterocycles. The lowest BCUT2D eigenvalue weighted by Gasteiger charge is -2.42. The number of carboxylic acid groups (broad SMARTS) is 1. The molecule has 32 heavy (non-hydrogen) atoms. The lowest BCUT2D eigenvalue weighted by molar-refractivity contribution is -0.149. The van der Waals surface area contributed by atoms with Crippen LogP contribution in [0.25, 0.3) is 11.1 Å². The molecule has 0 spiro atoms. The Morgan fingerprint density at radius 1 is 0.969 bits per heavy atom. The third-order valence-corrected chi connectivity index (χ3v) is 6.57. The van der Waals surface area contributed by atoms with Gasteiger partial charge in [0.2, 0.25) is 5.91 Å². The van der Waals surface area contributed by atoms with Crippen molar-refractivity contribution in [1.82, 2.24) is 10.2 Å². The van der Waals surface area contributed by atoms with Gasteiger partial charge in [-0.2, -0.15) is 0 Å². The molecular weight excluding hydrogens is 408 g/mol. The normalized spacial score (nSPS) is 13.2. The molecule has 1 aliphatic rings. The Labute approximate surface area is 188 Å². The van der Waals surface area contributed by atoms with Crippen LogP contribution in [0.5, 0.6) is 0 Å². The quantitative estimate of drug-likeness (QED) is 0.684. The molecule has 2 amide bonds. The van der Waals surface area contributed by atoms with E-state index >= 15 is 0 Å². The Morgan fingerprint density at radius 3 is 1.97 bits per heavy atom. The van der Waals surface area contributed by atoms with Gasteiger partial charge in [-0.25, -0.2) is 4.79 Å². The molecule has 3 rings (SSSR count). The number of hydrogen-bond acceptors (Lipinski definition) is 4. The van der Waals surface area contributed by atoms with Gasteiger partial charge in [-0.15, -0.1) is 0 Å². The number of carboxylic acids is 1. The summed E-state index contributed by atoms with van der Waals surface area (Å²) < 4.78 is 5.61. The summed E-state index contributed by atoms with van der Waals surface area (Å²) >= 11 is 0. The van der Waals surface area contributed by atoms with E-state index < -0.39 is 29.6 Å². The zero-order chi connectivity index (χ0) is 23.7. The summed E-state index contributed by atoms with van der Waals surface area (Å²) in [7, 11) is 1.43. The second-order valence-corrected chi connectivity index (χ2v) is 9.26. The van der Waals surface area contributed by atoms with E-state index in [-0.39, 0.29) is 18.4 Å². The van der Waals surface area contributed by atoms with Gasteiger partial charge in [-0.1, -0.05) is 48.5 Å². The van der Waals surface area contributed by atoms with E-state index in [0.29, 0.717) is 0 Å². The van der Waals surface area contributed by atoms with E-state index in [4.69, 9.17) is 9.84 Å². The van der Waals surface area contributed by atoms with Crippen LogP contribution in [-0.4, -0.2) is 53.7 Å².